The van der Waals surface area contributed by atoms with Crippen molar-refractivity contribution in [1.29, 1.82) is 0 Å². The molecule has 0 bridgehead atoms. The number of hydrogen-bond acceptors (Lipinski definition) is 5. The molecule has 6 heteroatoms. The van der Waals surface area contributed by atoms with Crippen LogP contribution in [0.4, 0.5) is 10.7 Å². The molecule has 1 aromatic rings. The minimum absolute atomic E-state index is 0.281. The highest BCUT2D eigenvalue weighted by atomic mass is 16.6. The van der Waals surface area contributed by atoms with E-state index in [-0.39, 0.29) is 12.0 Å². The van der Waals surface area contributed by atoms with Gasteiger partial charge in [0, 0.05) is 38.9 Å². The normalized spacial score (nSPS) is 10.1. The molecule has 0 aliphatic heterocycles. The van der Waals surface area contributed by atoms with Gasteiger partial charge in [-0.1, -0.05) is 0 Å². The number of ether oxygens (including phenoxy) is 1. The molecule has 0 saturated heterocycles. The molecule has 18 heavy (non-hydrogen) atoms. The van der Waals surface area contributed by atoms with Crippen molar-refractivity contribution in [2.75, 3.05) is 32.1 Å². The monoisotopic (exact) mass is 252 g/mol. The van der Waals surface area contributed by atoms with E-state index < -0.39 is 0 Å². The molecule has 0 N–H and O–H groups in total. The van der Waals surface area contributed by atoms with Gasteiger partial charge in [-0.2, -0.15) is 4.98 Å². The van der Waals surface area contributed by atoms with Crippen molar-refractivity contribution in [1.82, 2.24) is 14.9 Å². The number of rotatable bonds is 4. The summed E-state index contributed by atoms with van der Waals surface area (Å²) < 4.78 is 5.24. The second-order valence-electron chi connectivity index (χ2n) is 4.08. The number of hydrogen-bond donors (Lipinski definition) is 0. The molecule has 0 aromatic carbocycles. The fourth-order valence-corrected chi connectivity index (χ4v) is 1.41. The maximum atomic E-state index is 11.8. The number of aryl methyl sites for hydroxylation is 1. The van der Waals surface area contributed by atoms with Crippen LogP contribution in [-0.4, -0.2) is 48.1 Å². The van der Waals surface area contributed by atoms with Crippen molar-refractivity contribution in [3.8, 4) is 5.88 Å². The summed E-state index contributed by atoms with van der Waals surface area (Å²) >= 11 is 0. The Labute approximate surface area is 108 Å². The molecular weight excluding hydrogens is 232 g/mol. The topological polar surface area (TPSA) is 58.6 Å². The van der Waals surface area contributed by atoms with Gasteiger partial charge >= 0.3 is 6.09 Å². The zero-order valence-electron chi connectivity index (χ0n) is 11.6. The molecule has 100 valence electrons. The van der Waals surface area contributed by atoms with Crippen LogP contribution >= 0.6 is 0 Å². The van der Waals surface area contributed by atoms with E-state index in [1.54, 1.807) is 15.9 Å². The maximum absolute atomic E-state index is 11.8. The van der Waals surface area contributed by atoms with Crippen LogP contribution in [0.15, 0.2) is 6.07 Å². The van der Waals surface area contributed by atoms with Crippen LogP contribution < -0.4 is 9.64 Å². The Morgan fingerprint density at radius 1 is 1.28 bits per heavy atom. The molecule has 6 nitrogen and oxygen atoms in total. The van der Waals surface area contributed by atoms with Gasteiger partial charge in [-0.3, -0.25) is 0 Å². The van der Waals surface area contributed by atoms with E-state index >= 15 is 0 Å². The first-order valence-electron chi connectivity index (χ1n) is 5.97. The Kier molecular flexibility index (Phi) is 4.88. The van der Waals surface area contributed by atoms with Crippen LogP contribution in [0.3, 0.4) is 0 Å². The van der Waals surface area contributed by atoms with Gasteiger partial charge in [-0.25, -0.2) is 9.78 Å². The van der Waals surface area contributed by atoms with Crippen LogP contribution in [0.25, 0.3) is 0 Å². The zero-order valence-corrected chi connectivity index (χ0v) is 11.6. The number of carbonyl (C=O) groups excluding carboxylic acids is 1. The average molecular weight is 252 g/mol. The molecule has 0 spiro atoms. The molecule has 0 unspecified atom stereocenters. The molecule has 0 fully saturated rings. The quantitative estimate of drug-likeness (QED) is 0.816. The third-order valence-electron chi connectivity index (χ3n) is 2.43. The lowest BCUT2D eigenvalue weighted by Gasteiger charge is -2.18. The van der Waals surface area contributed by atoms with Gasteiger partial charge in [0.25, 0.3) is 0 Å². The molecule has 0 radical (unpaired) electrons. The number of nitrogens with zero attached hydrogens (tertiary/aromatic N) is 4. The Balaban J connectivity index is 2.87. The van der Waals surface area contributed by atoms with E-state index in [2.05, 4.69) is 9.97 Å². The summed E-state index contributed by atoms with van der Waals surface area (Å²) in [6.07, 6.45) is -0.386. The molecule has 1 amide bonds. The maximum Gasteiger partial charge on any atom is 0.416 e. The average Bonchev–Trinajstić information content (AvgIpc) is 2.29. The Morgan fingerprint density at radius 2 is 1.89 bits per heavy atom. The smallest absolute Gasteiger partial charge is 0.391 e. The fraction of sp³-hybridized carbons (Fsp3) is 0.583. The van der Waals surface area contributed by atoms with Gasteiger partial charge in [-0.05, 0) is 20.8 Å². The second-order valence-corrected chi connectivity index (χ2v) is 4.08. The Morgan fingerprint density at radius 3 is 2.39 bits per heavy atom. The van der Waals surface area contributed by atoms with Crippen molar-refractivity contribution in [3.05, 3.63) is 11.8 Å². The fourth-order valence-electron chi connectivity index (χ4n) is 1.41. The lowest BCUT2D eigenvalue weighted by Crippen LogP contribution is -2.33. The van der Waals surface area contributed by atoms with Gasteiger partial charge in [0.15, 0.2) is 0 Å². The van der Waals surface area contributed by atoms with Crippen molar-refractivity contribution in [2.24, 2.45) is 0 Å². The lowest BCUT2D eigenvalue weighted by atomic mass is 10.4. The molecule has 0 saturated carbocycles. The largest absolute Gasteiger partial charge is 0.416 e. The molecule has 1 heterocycles. The van der Waals surface area contributed by atoms with Crippen molar-refractivity contribution in [3.63, 3.8) is 0 Å². The molecule has 1 aromatic heterocycles. The van der Waals surface area contributed by atoms with Gasteiger partial charge in [-0.15, -0.1) is 0 Å². The summed E-state index contributed by atoms with van der Waals surface area (Å²) in [4.78, 5) is 23.6. The molecule has 0 aliphatic rings. The summed E-state index contributed by atoms with van der Waals surface area (Å²) in [5.74, 6) is 0.806. The second kappa shape index (κ2) is 6.18. The SMILES string of the molecule is CCN(CC)C(=O)Oc1cc(C)nc(N(C)C)n1. The summed E-state index contributed by atoms with van der Waals surface area (Å²) in [5.41, 5.74) is 0.760. The number of aromatic nitrogens is 2. The van der Waals surface area contributed by atoms with Crippen molar-refractivity contribution in [2.45, 2.75) is 20.8 Å². The van der Waals surface area contributed by atoms with Crippen LogP contribution in [0.2, 0.25) is 0 Å². The highest BCUT2D eigenvalue weighted by Gasteiger charge is 2.14. The van der Waals surface area contributed by atoms with Gasteiger partial charge < -0.3 is 14.5 Å². The zero-order chi connectivity index (χ0) is 13.7. The van der Waals surface area contributed by atoms with Crippen molar-refractivity contribution < 1.29 is 9.53 Å². The summed E-state index contributed by atoms with van der Waals surface area (Å²) in [6.45, 7) is 6.87. The minimum Gasteiger partial charge on any atom is -0.391 e. The van der Waals surface area contributed by atoms with Gasteiger partial charge in [0.05, 0.1) is 0 Å². The Bertz CT molecular complexity index is 417. The molecular formula is C12H20N4O2. The highest BCUT2D eigenvalue weighted by Crippen LogP contribution is 2.14. The van der Waals surface area contributed by atoms with E-state index in [0.717, 1.165) is 5.69 Å². The first-order valence-corrected chi connectivity index (χ1v) is 5.97. The summed E-state index contributed by atoms with van der Waals surface area (Å²) in [5, 5.41) is 0. The van der Waals surface area contributed by atoms with E-state index in [1.807, 2.05) is 34.9 Å². The van der Waals surface area contributed by atoms with Crippen LogP contribution in [0.1, 0.15) is 19.5 Å². The van der Waals surface area contributed by atoms with Gasteiger partial charge in [0.2, 0.25) is 11.8 Å². The van der Waals surface area contributed by atoms with Crippen LogP contribution in [-0.2, 0) is 0 Å². The van der Waals surface area contributed by atoms with E-state index in [1.165, 1.54) is 0 Å². The predicted octanol–water partition coefficient (Wildman–Crippen LogP) is 1.69. The van der Waals surface area contributed by atoms with E-state index in [0.29, 0.717) is 19.0 Å². The van der Waals surface area contributed by atoms with E-state index in [9.17, 15) is 4.79 Å². The Hall–Kier alpha value is -1.85. The van der Waals surface area contributed by atoms with Crippen LogP contribution in [0, 0.1) is 6.92 Å². The van der Waals surface area contributed by atoms with E-state index in [4.69, 9.17) is 4.74 Å². The minimum atomic E-state index is -0.386. The third-order valence-corrected chi connectivity index (χ3v) is 2.43. The predicted molar refractivity (Wildman–Crippen MR) is 70.0 cm³/mol. The highest BCUT2D eigenvalue weighted by molar-refractivity contribution is 5.70. The molecule has 1 rings (SSSR count). The summed E-state index contributed by atoms with van der Waals surface area (Å²) in [6, 6.07) is 1.65. The first-order chi connectivity index (χ1) is 8.47. The first kappa shape index (κ1) is 14.2. The molecule has 0 aliphatic carbocycles. The molecule has 0 atom stereocenters. The number of carbonyl (C=O) groups is 1. The lowest BCUT2D eigenvalue weighted by molar-refractivity contribution is 0.155. The standard InChI is InChI=1S/C12H20N4O2/c1-6-16(7-2)12(17)18-10-8-9(3)13-11(14-10)15(4)5/h8H,6-7H2,1-5H3. The van der Waals surface area contributed by atoms with Crippen molar-refractivity contribution >= 4 is 12.0 Å². The number of amides is 1. The number of anilines is 1. The van der Waals surface area contributed by atoms with Gasteiger partial charge in [0.1, 0.15) is 0 Å². The van der Waals surface area contributed by atoms with Crippen LogP contribution in [0.5, 0.6) is 5.88 Å². The summed E-state index contributed by atoms with van der Waals surface area (Å²) in [7, 11) is 3.68. The third kappa shape index (κ3) is 3.58.